The molecule has 0 bridgehead atoms. The molecule has 0 aliphatic carbocycles. The number of imide groups is 1. The topological polar surface area (TPSA) is 105 Å². The molecule has 1 aromatic rings. The third-order valence-corrected chi connectivity index (χ3v) is 2.12. The molecule has 0 radical (unpaired) electrons. The van der Waals surface area contributed by atoms with Gasteiger partial charge in [0.2, 0.25) is 0 Å². The fourth-order valence-corrected chi connectivity index (χ4v) is 1.30. The van der Waals surface area contributed by atoms with Gasteiger partial charge in [0.05, 0.1) is 0 Å². The van der Waals surface area contributed by atoms with E-state index >= 15 is 0 Å². The Labute approximate surface area is 113 Å². The van der Waals surface area contributed by atoms with Crippen LogP contribution in [-0.4, -0.2) is 36.2 Å². The van der Waals surface area contributed by atoms with Crippen molar-refractivity contribution in [3.8, 4) is 5.75 Å². The molecule has 0 fully saturated rings. The molecule has 3 N–H and O–H groups in total. The number of aromatic carboxylic acids is 1. The third-order valence-electron chi connectivity index (χ3n) is 2.12. The molecule has 0 spiro atoms. The van der Waals surface area contributed by atoms with Crippen LogP contribution in [0.2, 0.25) is 0 Å². The number of urea groups is 1. The Hall–Kier alpha value is -2.64. The molecule has 0 saturated heterocycles. The van der Waals surface area contributed by atoms with Crippen molar-refractivity contribution in [2.45, 2.75) is 6.92 Å². The van der Waals surface area contributed by atoms with Crippen molar-refractivity contribution >= 4 is 17.9 Å². The number of ether oxygens (including phenoxy) is 1. The summed E-state index contributed by atoms with van der Waals surface area (Å²) in [6.45, 7) is 1.40. The molecule has 1 rings (SSSR count). The molecule has 3 amide bonds. The molecular formula is C12H13FN2O5. The van der Waals surface area contributed by atoms with Crippen LogP contribution < -0.4 is 15.4 Å². The van der Waals surface area contributed by atoms with Crippen molar-refractivity contribution in [1.82, 2.24) is 10.6 Å². The zero-order chi connectivity index (χ0) is 15.1. The molecule has 0 atom stereocenters. The largest absolute Gasteiger partial charge is 0.483 e. The lowest BCUT2D eigenvalue weighted by Crippen LogP contribution is -2.41. The van der Waals surface area contributed by atoms with E-state index in [4.69, 9.17) is 9.84 Å². The number of rotatable bonds is 5. The maximum Gasteiger partial charge on any atom is 0.339 e. The van der Waals surface area contributed by atoms with Crippen molar-refractivity contribution in [1.29, 1.82) is 0 Å². The zero-order valence-electron chi connectivity index (χ0n) is 10.6. The highest BCUT2D eigenvalue weighted by Gasteiger charge is 2.14. The minimum Gasteiger partial charge on any atom is -0.483 e. The van der Waals surface area contributed by atoms with Crippen LogP contribution in [0.5, 0.6) is 5.75 Å². The van der Waals surface area contributed by atoms with Crippen LogP contribution in [0.3, 0.4) is 0 Å². The number of carboxylic acids is 1. The number of carboxylic acid groups (broad SMARTS) is 1. The van der Waals surface area contributed by atoms with Gasteiger partial charge in [-0.1, -0.05) is 0 Å². The number of benzene rings is 1. The molecule has 1 aromatic carbocycles. The molecule has 0 saturated carbocycles. The minimum absolute atomic E-state index is 0.280. The molecule has 7 nitrogen and oxygen atoms in total. The van der Waals surface area contributed by atoms with Gasteiger partial charge in [-0.15, -0.1) is 0 Å². The summed E-state index contributed by atoms with van der Waals surface area (Å²) in [7, 11) is 0. The number of hydrogen-bond acceptors (Lipinski definition) is 4. The van der Waals surface area contributed by atoms with E-state index in [9.17, 15) is 18.8 Å². The molecule has 108 valence electrons. The Kier molecular flexibility index (Phi) is 5.45. The summed E-state index contributed by atoms with van der Waals surface area (Å²) in [6.07, 6.45) is 0. The number of halogens is 1. The van der Waals surface area contributed by atoms with Gasteiger partial charge >= 0.3 is 12.0 Å². The van der Waals surface area contributed by atoms with Crippen LogP contribution in [0.25, 0.3) is 0 Å². The summed E-state index contributed by atoms with van der Waals surface area (Å²) >= 11 is 0. The normalized spacial score (nSPS) is 9.70. The fourth-order valence-electron chi connectivity index (χ4n) is 1.30. The van der Waals surface area contributed by atoms with E-state index in [1.807, 2.05) is 5.32 Å². The predicted molar refractivity (Wildman–Crippen MR) is 66.1 cm³/mol. The van der Waals surface area contributed by atoms with E-state index < -0.39 is 30.3 Å². The SMILES string of the molecule is CCNC(=O)NC(=O)COc1cc(F)ccc1C(=O)O. The van der Waals surface area contributed by atoms with Crippen molar-refractivity contribution in [3.63, 3.8) is 0 Å². The Balaban J connectivity index is 2.65. The summed E-state index contributed by atoms with van der Waals surface area (Å²) in [6, 6.07) is 2.14. The lowest BCUT2D eigenvalue weighted by Gasteiger charge is -2.09. The summed E-state index contributed by atoms with van der Waals surface area (Å²) in [4.78, 5) is 33.2. The van der Waals surface area contributed by atoms with Crippen molar-refractivity contribution < 1.29 is 28.6 Å². The molecule has 0 unspecified atom stereocenters. The summed E-state index contributed by atoms with van der Waals surface area (Å²) in [5.74, 6) is -3.08. The van der Waals surface area contributed by atoms with E-state index in [0.29, 0.717) is 6.54 Å². The van der Waals surface area contributed by atoms with Gasteiger partial charge in [-0.25, -0.2) is 14.0 Å². The van der Waals surface area contributed by atoms with Crippen LogP contribution in [0.1, 0.15) is 17.3 Å². The van der Waals surface area contributed by atoms with E-state index in [1.54, 1.807) is 6.92 Å². The summed E-state index contributed by atoms with van der Waals surface area (Å²) in [5.41, 5.74) is -0.280. The first-order valence-electron chi connectivity index (χ1n) is 5.67. The first-order valence-corrected chi connectivity index (χ1v) is 5.67. The first-order chi connectivity index (χ1) is 9.43. The second-order valence-corrected chi connectivity index (χ2v) is 3.64. The van der Waals surface area contributed by atoms with Crippen LogP contribution in [0.4, 0.5) is 9.18 Å². The van der Waals surface area contributed by atoms with Gasteiger partial charge in [0.15, 0.2) is 6.61 Å². The average molecular weight is 284 g/mol. The van der Waals surface area contributed by atoms with Gasteiger partial charge < -0.3 is 15.2 Å². The average Bonchev–Trinajstić information content (AvgIpc) is 2.36. The van der Waals surface area contributed by atoms with Crippen molar-refractivity contribution in [2.24, 2.45) is 0 Å². The third kappa shape index (κ3) is 4.56. The standard InChI is InChI=1S/C12H13FN2O5/c1-2-14-12(19)15-10(16)6-20-9-5-7(13)3-4-8(9)11(17)18/h3-5H,2,6H2,1H3,(H,17,18)(H2,14,15,16,19). The Morgan fingerprint density at radius 3 is 2.65 bits per heavy atom. The highest BCUT2D eigenvalue weighted by atomic mass is 19.1. The van der Waals surface area contributed by atoms with Gasteiger partial charge in [-0.3, -0.25) is 10.1 Å². The molecule has 0 aromatic heterocycles. The van der Waals surface area contributed by atoms with Crippen molar-refractivity contribution in [2.75, 3.05) is 13.2 Å². The molecule has 0 aliphatic heterocycles. The Morgan fingerprint density at radius 2 is 2.05 bits per heavy atom. The summed E-state index contributed by atoms with van der Waals surface area (Å²) in [5, 5.41) is 13.2. The number of amides is 3. The van der Waals surface area contributed by atoms with Crippen LogP contribution in [0, 0.1) is 5.82 Å². The lowest BCUT2D eigenvalue weighted by molar-refractivity contribution is -0.122. The molecular weight excluding hydrogens is 271 g/mol. The van der Waals surface area contributed by atoms with Gasteiger partial charge in [0.1, 0.15) is 17.1 Å². The molecule has 20 heavy (non-hydrogen) atoms. The van der Waals surface area contributed by atoms with Gasteiger partial charge in [0, 0.05) is 12.6 Å². The first kappa shape index (κ1) is 15.4. The quantitative estimate of drug-likeness (QED) is 0.740. The number of carbonyl (C=O) groups is 3. The minimum atomic E-state index is -1.32. The van der Waals surface area contributed by atoms with E-state index in [-0.39, 0.29) is 11.3 Å². The Morgan fingerprint density at radius 1 is 1.35 bits per heavy atom. The lowest BCUT2D eigenvalue weighted by atomic mass is 10.2. The zero-order valence-corrected chi connectivity index (χ0v) is 10.6. The van der Waals surface area contributed by atoms with Gasteiger partial charge in [0.25, 0.3) is 5.91 Å². The highest BCUT2D eigenvalue weighted by molar-refractivity contribution is 5.95. The second-order valence-electron chi connectivity index (χ2n) is 3.64. The number of carbonyl (C=O) groups excluding carboxylic acids is 2. The van der Waals surface area contributed by atoms with Crippen LogP contribution >= 0.6 is 0 Å². The van der Waals surface area contributed by atoms with E-state index in [1.165, 1.54) is 0 Å². The second kappa shape index (κ2) is 7.07. The number of nitrogens with one attached hydrogen (secondary N) is 2. The molecule has 0 aliphatic rings. The van der Waals surface area contributed by atoms with Crippen molar-refractivity contribution in [3.05, 3.63) is 29.6 Å². The smallest absolute Gasteiger partial charge is 0.339 e. The monoisotopic (exact) mass is 284 g/mol. The number of hydrogen-bond donors (Lipinski definition) is 3. The highest BCUT2D eigenvalue weighted by Crippen LogP contribution is 2.19. The summed E-state index contributed by atoms with van der Waals surface area (Å²) < 4.78 is 17.9. The van der Waals surface area contributed by atoms with Gasteiger partial charge in [-0.2, -0.15) is 0 Å². The fraction of sp³-hybridized carbons (Fsp3) is 0.250. The van der Waals surface area contributed by atoms with E-state index in [2.05, 4.69) is 5.32 Å². The molecule has 8 heteroatoms. The Bertz CT molecular complexity index is 533. The maximum atomic E-state index is 13.0. The van der Waals surface area contributed by atoms with E-state index in [0.717, 1.165) is 18.2 Å². The van der Waals surface area contributed by atoms with Crippen LogP contribution in [0.15, 0.2) is 18.2 Å². The molecule has 0 heterocycles. The van der Waals surface area contributed by atoms with Crippen LogP contribution in [-0.2, 0) is 4.79 Å². The maximum absolute atomic E-state index is 13.0. The predicted octanol–water partition coefficient (Wildman–Crippen LogP) is 0.748. The van der Waals surface area contributed by atoms with Gasteiger partial charge in [-0.05, 0) is 19.1 Å².